The Morgan fingerprint density at radius 1 is 1.24 bits per heavy atom. The Bertz CT molecular complexity index is 973. The van der Waals surface area contributed by atoms with Crippen LogP contribution < -0.4 is 20.9 Å². The zero-order valence-electron chi connectivity index (χ0n) is 21.1. The average Bonchev–Trinajstić information content (AvgIpc) is 3.46. The Morgan fingerprint density at radius 3 is 2.81 bits per heavy atom. The van der Waals surface area contributed by atoms with Crippen molar-refractivity contribution < 1.29 is 9.84 Å². The van der Waals surface area contributed by atoms with Crippen molar-refractivity contribution >= 4 is 17.6 Å². The number of H-pyrrole nitrogens is 1. The van der Waals surface area contributed by atoms with E-state index in [9.17, 15) is 0 Å². The van der Waals surface area contributed by atoms with Gasteiger partial charge in [-0.1, -0.05) is 0 Å². The summed E-state index contributed by atoms with van der Waals surface area (Å²) in [5.74, 6) is 2.92. The molecule has 0 atom stereocenters. The number of hydrogen-bond donors (Lipinski definition) is 6. The maximum Gasteiger partial charge on any atom is 0.226 e. The van der Waals surface area contributed by atoms with Crippen LogP contribution in [-0.4, -0.2) is 112 Å². The van der Waals surface area contributed by atoms with Crippen molar-refractivity contribution in [2.75, 3.05) is 81.2 Å². The molecule has 0 unspecified atom stereocenters. The molecule has 15 heteroatoms. The monoisotopic (exact) mass is 515 g/mol. The number of likely N-dealkylation sites (tertiary alicyclic amines) is 1. The Labute approximate surface area is 216 Å². The smallest absolute Gasteiger partial charge is 0.226 e. The number of rotatable bonds is 14. The van der Waals surface area contributed by atoms with Gasteiger partial charge in [0.15, 0.2) is 0 Å². The van der Waals surface area contributed by atoms with Crippen LogP contribution in [0, 0.1) is 5.53 Å². The van der Waals surface area contributed by atoms with E-state index in [0.717, 1.165) is 69.4 Å². The molecule has 0 bridgehead atoms. The van der Waals surface area contributed by atoms with Crippen LogP contribution in [0.4, 0.5) is 17.6 Å². The summed E-state index contributed by atoms with van der Waals surface area (Å²) >= 11 is 0. The van der Waals surface area contributed by atoms with Gasteiger partial charge in [0.2, 0.25) is 5.95 Å². The molecule has 2 fully saturated rings. The molecule has 37 heavy (non-hydrogen) atoms. The summed E-state index contributed by atoms with van der Waals surface area (Å²) < 4.78 is 5.51. The van der Waals surface area contributed by atoms with Crippen LogP contribution in [0.5, 0.6) is 0 Å². The lowest BCUT2D eigenvalue weighted by atomic mass is 10.0. The van der Waals surface area contributed by atoms with E-state index < -0.39 is 0 Å². The summed E-state index contributed by atoms with van der Waals surface area (Å²) in [7, 11) is 0. The molecule has 0 saturated carbocycles. The van der Waals surface area contributed by atoms with Gasteiger partial charge in [-0.2, -0.15) is 15.1 Å². The number of ether oxygens (including phenoxy) is 1. The highest BCUT2D eigenvalue weighted by atomic mass is 16.5. The Hall–Kier alpha value is -3.43. The number of morpholine rings is 1. The van der Waals surface area contributed by atoms with Crippen LogP contribution in [-0.2, 0) is 11.2 Å². The van der Waals surface area contributed by atoms with E-state index in [1.165, 1.54) is 0 Å². The van der Waals surface area contributed by atoms with Crippen molar-refractivity contribution in [2.45, 2.75) is 31.7 Å². The first-order valence-electron chi connectivity index (χ1n) is 12.8. The second-order valence-electron chi connectivity index (χ2n) is 9.02. The van der Waals surface area contributed by atoms with Gasteiger partial charge in [-0.25, -0.2) is 10.6 Å². The molecule has 15 nitrogen and oxygen atoms in total. The molecule has 2 saturated heterocycles. The summed E-state index contributed by atoms with van der Waals surface area (Å²) in [6.45, 7) is 6.84. The number of tetrazole rings is 1. The number of nitrogens with zero attached hydrogens (tertiary/aromatic N) is 8. The molecule has 6 N–H and O–H groups in total. The molecular formula is C22H37N13O2. The zero-order chi connectivity index (χ0) is 25.7. The number of hydrogen-bond acceptors (Lipinski definition) is 14. The predicted octanol–water partition coefficient (Wildman–Crippen LogP) is 0.202. The summed E-state index contributed by atoms with van der Waals surface area (Å²) in [6.07, 6.45) is 5.14. The third-order valence-corrected chi connectivity index (χ3v) is 6.36. The van der Waals surface area contributed by atoms with E-state index in [-0.39, 0.29) is 6.61 Å². The SMILES string of the molecule is N=N/C(=C\NCCCO)CNc1nc(NC2CCN(CCc3nnn[nH]3)CC2)cc(N2CCOCC2)n1. The van der Waals surface area contributed by atoms with E-state index in [0.29, 0.717) is 50.4 Å². The Balaban J connectivity index is 1.35. The first-order chi connectivity index (χ1) is 18.2. The number of anilines is 3. The maximum atomic E-state index is 8.91. The highest BCUT2D eigenvalue weighted by molar-refractivity contribution is 5.54. The molecule has 4 heterocycles. The fraction of sp³-hybridized carbons (Fsp3) is 0.682. The summed E-state index contributed by atoms with van der Waals surface area (Å²) in [6, 6.07) is 2.32. The molecule has 2 aliphatic rings. The lowest BCUT2D eigenvalue weighted by Crippen LogP contribution is -2.40. The average molecular weight is 516 g/mol. The van der Waals surface area contributed by atoms with Gasteiger partial charge >= 0.3 is 0 Å². The van der Waals surface area contributed by atoms with E-state index in [4.69, 9.17) is 25.3 Å². The van der Waals surface area contributed by atoms with Gasteiger partial charge in [0.1, 0.15) is 17.5 Å². The van der Waals surface area contributed by atoms with E-state index in [1.54, 1.807) is 6.20 Å². The van der Waals surface area contributed by atoms with Crippen LogP contribution in [0.2, 0.25) is 0 Å². The quantitative estimate of drug-likeness (QED) is 0.148. The number of aromatic amines is 1. The van der Waals surface area contributed by atoms with Crippen LogP contribution in [0.25, 0.3) is 0 Å². The minimum atomic E-state index is 0.115. The third-order valence-electron chi connectivity index (χ3n) is 6.36. The van der Waals surface area contributed by atoms with Crippen molar-refractivity contribution in [3.8, 4) is 0 Å². The number of aliphatic hydroxyl groups is 1. The van der Waals surface area contributed by atoms with Gasteiger partial charge < -0.3 is 35.6 Å². The molecule has 2 aromatic rings. The Morgan fingerprint density at radius 2 is 2.08 bits per heavy atom. The summed E-state index contributed by atoms with van der Waals surface area (Å²) in [5, 5.41) is 36.4. The molecule has 0 spiro atoms. The van der Waals surface area contributed by atoms with Crippen molar-refractivity contribution in [2.24, 2.45) is 5.11 Å². The van der Waals surface area contributed by atoms with Crippen molar-refractivity contribution in [1.29, 1.82) is 5.53 Å². The zero-order valence-corrected chi connectivity index (χ0v) is 21.1. The van der Waals surface area contributed by atoms with Crippen LogP contribution in [0.3, 0.4) is 0 Å². The lowest BCUT2D eigenvalue weighted by molar-refractivity contribution is 0.122. The largest absolute Gasteiger partial charge is 0.396 e. The molecule has 0 amide bonds. The van der Waals surface area contributed by atoms with Crippen molar-refractivity contribution in [3.05, 3.63) is 23.8 Å². The predicted molar refractivity (Wildman–Crippen MR) is 137 cm³/mol. The molecule has 202 valence electrons. The van der Waals surface area contributed by atoms with Crippen LogP contribution >= 0.6 is 0 Å². The van der Waals surface area contributed by atoms with E-state index >= 15 is 0 Å². The molecule has 2 aliphatic heterocycles. The fourth-order valence-electron chi connectivity index (χ4n) is 4.26. The molecular weight excluding hydrogens is 478 g/mol. The maximum absolute atomic E-state index is 8.91. The number of aromatic nitrogens is 6. The Kier molecular flexibility index (Phi) is 10.3. The van der Waals surface area contributed by atoms with Gasteiger partial charge in [0.25, 0.3) is 0 Å². The van der Waals surface area contributed by atoms with Gasteiger partial charge in [-0.15, -0.1) is 5.10 Å². The number of aliphatic hydroxyl groups excluding tert-OH is 1. The van der Waals surface area contributed by atoms with Gasteiger partial charge in [0.05, 0.1) is 25.5 Å². The summed E-state index contributed by atoms with van der Waals surface area (Å²) in [5.41, 5.74) is 7.96. The number of piperidine rings is 1. The molecule has 0 radical (unpaired) electrons. The van der Waals surface area contributed by atoms with Gasteiger partial charge in [-0.3, -0.25) is 0 Å². The molecule has 0 aromatic carbocycles. The van der Waals surface area contributed by atoms with Crippen LogP contribution in [0.15, 0.2) is 23.1 Å². The third kappa shape index (κ3) is 8.58. The first kappa shape index (κ1) is 26.6. The van der Waals surface area contributed by atoms with Crippen molar-refractivity contribution in [3.63, 3.8) is 0 Å². The standard InChI is InChI=1S/C22H37N13O2/c23-29-18(15-24-5-1-11-36)16-25-22-27-20(14-21(28-22)35-9-12-37-13-10-35)26-17-2-6-34(7-3-17)8-4-19-30-32-33-31-19/h14-15,17,23-24,36H,1-13,16H2,(H2,25,26,27,28)(H,30,31,32,33)/b18-15-,29-23?. The minimum Gasteiger partial charge on any atom is -0.396 e. The van der Waals surface area contributed by atoms with Gasteiger partial charge in [-0.05, 0) is 29.7 Å². The normalized spacial score (nSPS) is 17.5. The molecule has 4 rings (SSSR count). The van der Waals surface area contributed by atoms with E-state index in [1.807, 2.05) is 6.07 Å². The topological polar surface area (TPSA) is 188 Å². The van der Waals surface area contributed by atoms with Crippen molar-refractivity contribution in [1.82, 2.24) is 40.8 Å². The second kappa shape index (κ2) is 14.3. The first-order valence-corrected chi connectivity index (χ1v) is 12.8. The molecule has 2 aromatic heterocycles. The summed E-state index contributed by atoms with van der Waals surface area (Å²) in [4.78, 5) is 14.1. The number of nitrogens with one attached hydrogen (secondary N) is 5. The fourth-order valence-corrected chi connectivity index (χ4v) is 4.26. The minimum absolute atomic E-state index is 0.115. The lowest BCUT2D eigenvalue weighted by Gasteiger charge is -2.33. The highest BCUT2D eigenvalue weighted by Crippen LogP contribution is 2.22. The highest BCUT2D eigenvalue weighted by Gasteiger charge is 2.21. The van der Waals surface area contributed by atoms with Crippen LogP contribution in [0.1, 0.15) is 25.1 Å². The van der Waals surface area contributed by atoms with E-state index in [2.05, 4.69) is 51.5 Å². The second-order valence-corrected chi connectivity index (χ2v) is 9.02. The van der Waals surface area contributed by atoms with Gasteiger partial charge in [0, 0.05) is 70.6 Å². The molecule has 0 aliphatic carbocycles.